The lowest BCUT2D eigenvalue weighted by Gasteiger charge is -2.25. The highest BCUT2D eigenvalue weighted by Crippen LogP contribution is 2.33. The van der Waals surface area contributed by atoms with E-state index in [0.717, 1.165) is 12.1 Å². The van der Waals surface area contributed by atoms with Gasteiger partial charge in [0.2, 0.25) is 0 Å². The van der Waals surface area contributed by atoms with E-state index in [9.17, 15) is 22.8 Å². The molecule has 0 N–H and O–H groups in total. The Morgan fingerprint density at radius 1 is 0.929 bits per heavy atom. The second-order valence-corrected chi connectivity index (χ2v) is 6.96. The van der Waals surface area contributed by atoms with E-state index in [1.807, 2.05) is 0 Å². The molecule has 0 bridgehead atoms. The highest BCUT2D eigenvalue weighted by atomic mass is 19.4. The smallest absolute Gasteiger partial charge is 0.417 e. The van der Waals surface area contributed by atoms with E-state index in [1.54, 1.807) is 13.8 Å². The Bertz CT molecular complexity index is 853. The molecule has 0 atom stereocenters. The minimum absolute atomic E-state index is 0.0756. The summed E-state index contributed by atoms with van der Waals surface area (Å²) in [6.07, 6.45) is -4.93. The van der Waals surface area contributed by atoms with Crippen molar-refractivity contribution in [3.05, 3.63) is 65.2 Å². The van der Waals surface area contributed by atoms with Crippen molar-refractivity contribution in [2.24, 2.45) is 0 Å². The van der Waals surface area contributed by atoms with E-state index in [-0.39, 0.29) is 17.4 Å². The van der Waals surface area contributed by atoms with Crippen molar-refractivity contribution >= 4 is 11.8 Å². The predicted octanol–water partition coefficient (Wildman–Crippen LogP) is 5.05. The maximum Gasteiger partial charge on any atom is 0.417 e. The molecule has 2 aromatic carbocycles. The van der Waals surface area contributed by atoms with Gasteiger partial charge in [-0.05, 0) is 58.0 Å². The molecule has 4 nitrogen and oxygen atoms in total. The molecule has 0 aliphatic heterocycles. The fraction of sp³-hybridized carbons (Fsp3) is 0.333. The third kappa shape index (κ3) is 5.12. The Labute approximate surface area is 161 Å². The van der Waals surface area contributed by atoms with Crippen LogP contribution >= 0.6 is 0 Å². The lowest BCUT2D eigenvalue weighted by atomic mass is 9.98. The molecule has 28 heavy (non-hydrogen) atoms. The Balaban J connectivity index is 2.22. The lowest BCUT2D eigenvalue weighted by Crippen LogP contribution is -2.40. The summed E-state index contributed by atoms with van der Waals surface area (Å²) in [6.45, 7) is 6.51. The number of carbonyl (C=O) groups is 2. The molecular weight excluding hydrogens is 373 g/mol. The third-order valence-electron chi connectivity index (χ3n) is 3.80. The fourth-order valence-corrected chi connectivity index (χ4v) is 2.45. The molecule has 0 spiro atoms. The SMILES string of the molecule is CC(C)OC(=O)C(C)(C)Oc1ccc(C(=O)c2ccccc2C(F)(F)F)cc1. The van der Waals surface area contributed by atoms with Crippen molar-refractivity contribution in [2.75, 3.05) is 0 Å². The molecule has 0 unspecified atom stereocenters. The molecule has 0 fully saturated rings. The summed E-state index contributed by atoms with van der Waals surface area (Å²) < 4.78 is 50.1. The van der Waals surface area contributed by atoms with E-state index in [2.05, 4.69) is 0 Å². The number of ether oxygens (including phenoxy) is 2. The van der Waals surface area contributed by atoms with Gasteiger partial charge >= 0.3 is 12.1 Å². The quantitative estimate of drug-likeness (QED) is 0.509. The van der Waals surface area contributed by atoms with Crippen LogP contribution < -0.4 is 4.74 Å². The third-order valence-corrected chi connectivity index (χ3v) is 3.80. The summed E-state index contributed by atoms with van der Waals surface area (Å²) in [5.41, 5.74) is -2.60. The van der Waals surface area contributed by atoms with Crippen LogP contribution in [-0.2, 0) is 15.7 Å². The molecule has 0 aromatic heterocycles. The molecule has 0 heterocycles. The average Bonchev–Trinajstić information content (AvgIpc) is 2.60. The van der Waals surface area contributed by atoms with Gasteiger partial charge in [-0.25, -0.2) is 4.79 Å². The summed E-state index contributed by atoms with van der Waals surface area (Å²) in [5, 5.41) is 0. The van der Waals surface area contributed by atoms with Crippen LogP contribution in [0.2, 0.25) is 0 Å². The van der Waals surface area contributed by atoms with E-state index in [4.69, 9.17) is 9.47 Å². The molecule has 0 saturated heterocycles. The molecule has 150 valence electrons. The molecular formula is C21H21F3O4. The van der Waals surface area contributed by atoms with Crippen molar-refractivity contribution in [3.8, 4) is 5.75 Å². The Morgan fingerprint density at radius 2 is 1.50 bits per heavy atom. The number of carbonyl (C=O) groups excluding carboxylic acids is 2. The van der Waals surface area contributed by atoms with Gasteiger partial charge in [-0.2, -0.15) is 13.2 Å². The number of halogens is 3. The average molecular weight is 394 g/mol. The van der Waals surface area contributed by atoms with E-state index in [0.29, 0.717) is 0 Å². The van der Waals surface area contributed by atoms with Crippen LogP contribution in [0, 0.1) is 0 Å². The summed E-state index contributed by atoms with van der Waals surface area (Å²) in [4.78, 5) is 24.6. The van der Waals surface area contributed by atoms with Crippen LogP contribution in [0.1, 0.15) is 49.2 Å². The van der Waals surface area contributed by atoms with Gasteiger partial charge in [0, 0.05) is 11.1 Å². The monoisotopic (exact) mass is 394 g/mol. The zero-order valence-corrected chi connectivity index (χ0v) is 16.0. The van der Waals surface area contributed by atoms with E-state index in [1.165, 1.54) is 50.2 Å². The van der Waals surface area contributed by atoms with Gasteiger partial charge < -0.3 is 9.47 Å². The minimum Gasteiger partial charge on any atom is -0.476 e. The first-order chi connectivity index (χ1) is 12.9. The molecule has 0 amide bonds. The second-order valence-electron chi connectivity index (χ2n) is 6.96. The number of rotatable bonds is 6. The van der Waals surface area contributed by atoms with Crippen molar-refractivity contribution < 1.29 is 32.2 Å². The molecule has 0 aliphatic carbocycles. The standard InChI is InChI=1S/C21H21F3O4/c1-13(2)27-19(26)20(3,4)28-15-11-9-14(10-12-15)18(25)16-7-5-6-8-17(16)21(22,23)24/h5-13H,1-4H3. The number of benzene rings is 2. The highest BCUT2D eigenvalue weighted by Gasteiger charge is 2.35. The van der Waals surface area contributed by atoms with Gasteiger partial charge in [0.25, 0.3) is 0 Å². The number of hydrogen-bond acceptors (Lipinski definition) is 4. The van der Waals surface area contributed by atoms with Crippen LogP contribution in [0.25, 0.3) is 0 Å². The van der Waals surface area contributed by atoms with Crippen LogP contribution in [0.3, 0.4) is 0 Å². The Kier molecular flexibility index (Phi) is 6.17. The summed E-state index contributed by atoms with van der Waals surface area (Å²) in [6, 6.07) is 10.2. The lowest BCUT2D eigenvalue weighted by molar-refractivity contribution is -0.163. The Morgan fingerprint density at radius 3 is 2.04 bits per heavy atom. The second kappa shape index (κ2) is 8.04. The van der Waals surface area contributed by atoms with Crippen molar-refractivity contribution in [1.82, 2.24) is 0 Å². The van der Waals surface area contributed by atoms with Crippen LogP contribution in [0.4, 0.5) is 13.2 Å². The van der Waals surface area contributed by atoms with Crippen molar-refractivity contribution in [3.63, 3.8) is 0 Å². The number of ketones is 1. The van der Waals surface area contributed by atoms with E-state index >= 15 is 0 Å². The predicted molar refractivity (Wildman–Crippen MR) is 97.3 cm³/mol. The van der Waals surface area contributed by atoms with Crippen LogP contribution in [0.15, 0.2) is 48.5 Å². The maximum absolute atomic E-state index is 13.1. The van der Waals surface area contributed by atoms with Crippen molar-refractivity contribution in [2.45, 2.75) is 45.6 Å². The highest BCUT2D eigenvalue weighted by molar-refractivity contribution is 6.10. The number of hydrogen-bond donors (Lipinski definition) is 0. The molecule has 2 aromatic rings. The first-order valence-corrected chi connectivity index (χ1v) is 8.63. The first kappa shape index (κ1) is 21.5. The van der Waals surface area contributed by atoms with Gasteiger partial charge in [0.15, 0.2) is 11.4 Å². The van der Waals surface area contributed by atoms with Gasteiger partial charge in [-0.15, -0.1) is 0 Å². The normalized spacial score (nSPS) is 12.0. The molecule has 0 aliphatic rings. The summed E-state index contributed by atoms with van der Waals surface area (Å²) in [7, 11) is 0. The molecule has 0 saturated carbocycles. The number of esters is 1. The minimum atomic E-state index is -4.63. The molecule has 0 radical (unpaired) electrons. The summed E-state index contributed by atoms with van der Waals surface area (Å²) >= 11 is 0. The van der Waals surface area contributed by atoms with Crippen LogP contribution in [-0.4, -0.2) is 23.5 Å². The molecule has 7 heteroatoms. The first-order valence-electron chi connectivity index (χ1n) is 8.63. The number of alkyl halides is 3. The zero-order chi connectivity index (χ0) is 21.1. The largest absolute Gasteiger partial charge is 0.476 e. The maximum atomic E-state index is 13.1. The molecule has 2 rings (SSSR count). The van der Waals surface area contributed by atoms with Gasteiger partial charge in [-0.3, -0.25) is 4.79 Å². The van der Waals surface area contributed by atoms with Gasteiger partial charge in [-0.1, -0.05) is 18.2 Å². The van der Waals surface area contributed by atoms with Crippen LogP contribution in [0.5, 0.6) is 5.75 Å². The summed E-state index contributed by atoms with van der Waals surface area (Å²) in [5.74, 6) is -1.02. The fourth-order valence-electron chi connectivity index (χ4n) is 2.45. The van der Waals surface area contributed by atoms with Gasteiger partial charge in [0.1, 0.15) is 5.75 Å². The zero-order valence-electron chi connectivity index (χ0n) is 16.0. The topological polar surface area (TPSA) is 52.6 Å². The van der Waals surface area contributed by atoms with E-state index < -0.39 is 34.7 Å². The van der Waals surface area contributed by atoms with Crippen molar-refractivity contribution in [1.29, 1.82) is 0 Å². The Hall–Kier alpha value is -2.83. The van der Waals surface area contributed by atoms with Gasteiger partial charge in [0.05, 0.1) is 11.7 Å².